The second-order valence-electron chi connectivity index (χ2n) is 7.36. The van der Waals surface area contributed by atoms with E-state index in [9.17, 15) is 0 Å². The van der Waals surface area contributed by atoms with E-state index in [0.29, 0.717) is 18.1 Å². The molecule has 4 aliphatic rings. The SMILES string of the molecule is CN1CC2CN([C@H]3C=C[C@@H](C4C=CCCC4)NN3)CC2C1. The summed E-state index contributed by atoms with van der Waals surface area (Å²) in [5.74, 6) is 2.42. The van der Waals surface area contributed by atoms with E-state index < -0.39 is 0 Å². The molecule has 0 aromatic heterocycles. The Hall–Kier alpha value is -0.680. The van der Waals surface area contributed by atoms with Crippen LogP contribution in [0.15, 0.2) is 24.3 Å². The minimum Gasteiger partial charge on any atom is -0.306 e. The molecule has 1 aliphatic carbocycles. The van der Waals surface area contributed by atoms with Crippen LogP contribution in [0.2, 0.25) is 0 Å². The van der Waals surface area contributed by atoms with Crippen molar-refractivity contribution in [2.75, 3.05) is 33.2 Å². The first-order valence-corrected chi connectivity index (χ1v) is 8.58. The number of hydrazine groups is 1. The minimum absolute atomic E-state index is 0.379. The van der Waals surface area contributed by atoms with E-state index in [1.807, 2.05) is 0 Å². The number of rotatable bonds is 2. The zero-order chi connectivity index (χ0) is 14.2. The zero-order valence-corrected chi connectivity index (χ0v) is 13.0. The summed E-state index contributed by atoms with van der Waals surface area (Å²) < 4.78 is 0. The van der Waals surface area contributed by atoms with Gasteiger partial charge in [0.1, 0.15) is 0 Å². The van der Waals surface area contributed by atoms with Crippen LogP contribution < -0.4 is 10.9 Å². The third-order valence-corrected chi connectivity index (χ3v) is 5.74. The number of likely N-dealkylation sites (tertiary alicyclic amines) is 2. The number of nitrogens with zero attached hydrogens (tertiary/aromatic N) is 2. The molecule has 21 heavy (non-hydrogen) atoms. The van der Waals surface area contributed by atoms with Crippen LogP contribution in [0, 0.1) is 17.8 Å². The molecule has 5 atom stereocenters. The van der Waals surface area contributed by atoms with Gasteiger partial charge in [0.05, 0.1) is 6.17 Å². The van der Waals surface area contributed by atoms with Crippen molar-refractivity contribution >= 4 is 0 Å². The molecule has 0 radical (unpaired) electrons. The van der Waals surface area contributed by atoms with Crippen molar-refractivity contribution in [2.45, 2.75) is 31.5 Å². The lowest BCUT2D eigenvalue weighted by molar-refractivity contribution is 0.178. The molecule has 2 N–H and O–H groups in total. The summed E-state index contributed by atoms with van der Waals surface area (Å²) in [4.78, 5) is 5.10. The van der Waals surface area contributed by atoms with Gasteiger partial charge in [-0.25, -0.2) is 10.9 Å². The van der Waals surface area contributed by atoms with E-state index in [0.717, 1.165) is 11.8 Å². The molecule has 3 heterocycles. The molecule has 0 aromatic carbocycles. The molecular formula is C17H28N4. The Morgan fingerprint density at radius 1 is 0.952 bits per heavy atom. The van der Waals surface area contributed by atoms with Gasteiger partial charge in [-0.05, 0) is 44.1 Å². The summed E-state index contributed by atoms with van der Waals surface area (Å²) in [6.45, 7) is 5.04. The van der Waals surface area contributed by atoms with E-state index in [-0.39, 0.29) is 0 Å². The molecule has 0 aromatic rings. The van der Waals surface area contributed by atoms with Gasteiger partial charge in [0.15, 0.2) is 0 Å². The first-order valence-electron chi connectivity index (χ1n) is 8.58. The summed E-state index contributed by atoms with van der Waals surface area (Å²) in [5, 5.41) is 0. The highest BCUT2D eigenvalue weighted by atomic mass is 15.5. The van der Waals surface area contributed by atoms with Gasteiger partial charge in [-0.1, -0.05) is 24.3 Å². The third kappa shape index (κ3) is 2.82. The van der Waals surface area contributed by atoms with Crippen molar-refractivity contribution in [1.82, 2.24) is 20.7 Å². The fraction of sp³-hybridized carbons (Fsp3) is 0.765. The second kappa shape index (κ2) is 5.84. The Labute approximate surface area is 128 Å². The van der Waals surface area contributed by atoms with Gasteiger partial charge < -0.3 is 4.90 Å². The summed E-state index contributed by atoms with van der Waals surface area (Å²) >= 11 is 0. The van der Waals surface area contributed by atoms with Crippen molar-refractivity contribution in [3.05, 3.63) is 24.3 Å². The van der Waals surface area contributed by atoms with Crippen LogP contribution in [0.25, 0.3) is 0 Å². The Bertz CT molecular complexity index is 419. The lowest BCUT2D eigenvalue weighted by Crippen LogP contribution is -2.57. The van der Waals surface area contributed by atoms with E-state index in [1.54, 1.807) is 0 Å². The van der Waals surface area contributed by atoms with Gasteiger partial charge in [-0.15, -0.1) is 0 Å². The highest BCUT2D eigenvalue weighted by molar-refractivity contribution is 5.11. The van der Waals surface area contributed by atoms with Crippen LogP contribution in [0.1, 0.15) is 19.3 Å². The highest BCUT2D eigenvalue weighted by Gasteiger charge is 2.40. The maximum absolute atomic E-state index is 3.55. The molecule has 2 saturated heterocycles. The van der Waals surface area contributed by atoms with Crippen molar-refractivity contribution in [1.29, 1.82) is 0 Å². The molecule has 4 nitrogen and oxygen atoms in total. The van der Waals surface area contributed by atoms with Crippen LogP contribution >= 0.6 is 0 Å². The van der Waals surface area contributed by atoms with Crippen LogP contribution in [0.4, 0.5) is 0 Å². The predicted molar refractivity (Wildman–Crippen MR) is 85.5 cm³/mol. The van der Waals surface area contributed by atoms with Crippen molar-refractivity contribution < 1.29 is 0 Å². The van der Waals surface area contributed by atoms with E-state index in [1.165, 1.54) is 45.4 Å². The number of hydrogen-bond donors (Lipinski definition) is 2. The van der Waals surface area contributed by atoms with Crippen LogP contribution in [-0.2, 0) is 0 Å². The maximum atomic E-state index is 3.55. The molecule has 0 amide bonds. The summed E-state index contributed by atoms with van der Waals surface area (Å²) in [5.41, 5.74) is 7.10. The Balaban J connectivity index is 1.34. The smallest absolute Gasteiger partial charge is 0.0919 e. The zero-order valence-electron chi connectivity index (χ0n) is 13.0. The third-order valence-electron chi connectivity index (χ3n) is 5.74. The van der Waals surface area contributed by atoms with Crippen molar-refractivity contribution in [3.8, 4) is 0 Å². The number of fused-ring (bicyclic) bond motifs is 1. The molecule has 4 heteroatoms. The number of hydrogen-bond acceptors (Lipinski definition) is 4. The van der Waals surface area contributed by atoms with Gasteiger partial charge in [0.2, 0.25) is 0 Å². The summed E-state index contributed by atoms with van der Waals surface area (Å²) in [7, 11) is 2.26. The Kier molecular flexibility index (Phi) is 3.88. The second-order valence-corrected chi connectivity index (χ2v) is 7.36. The van der Waals surface area contributed by atoms with Crippen LogP contribution in [-0.4, -0.2) is 55.2 Å². The molecular weight excluding hydrogens is 260 g/mol. The average Bonchev–Trinajstić information content (AvgIpc) is 3.06. The first kappa shape index (κ1) is 13.9. The largest absolute Gasteiger partial charge is 0.306 e. The topological polar surface area (TPSA) is 30.5 Å². The summed E-state index contributed by atoms with van der Waals surface area (Å²) in [6, 6.07) is 0.464. The monoisotopic (exact) mass is 288 g/mol. The van der Waals surface area contributed by atoms with E-state index in [4.69, 9.17) is 0 Å². The summed E-state index contributed by atoms with van der Waals surface area (Å²) in [6.07, 6.45) is 13.8. The predicted octanol–water partition coefficient (Wildman–Crippen LogP) is 1.19. The van der Waals surface area contributed by atoms with Crippen LogP contribution in [0.5, 0.6) is 0 Å². The molecule has 2 fully saturated rings. The molecule has 3 unspecified atom stereocenters. The van der Waals surface area contributed by atoms with Gasteiger partial charge in [0.25, 0.3) is 0 Å². The van der Waals surface area contributed by atoms with E-state index in [2.05, 4.69) is 52.0 Å². The van der Waals surface area contributed by atoms with E-state index >= 15 is 0 Å². The van der Waals surface area contributed by atoms with Gasteiger partial charge in [0, 0.05) is 32.2 Å². The molecule has 0 spiro atoms. The molecule has 116 valence electrons. The Morgan fingerprint density at radius 2 is 1.76 bits per heavy atom. The van der Waals surface area contributed by atoms with Crippen molar-refractivity contribution in [3.63, 3.8) is 0 Å². The molecule has 3 aliphatic heterocycles. The van der Waals surface area contributed by atoms with Crippen LogP contribution in [0.3, 0.4) is 0 Å². The first-order chi connectivity index (χ1) is 10.3. The lowest BCUT2D eigenvalue weighted by Gasteiger charge is -2.35. The molecule has 0 saturated carbocycles. The quantitative estimate of drug-likeness (QED) is 0.748. The number of allylic oxidation sites excluding steroid dienone is 1. The highest BCUT2D eigenvalue weighted by Crippen LogP contribution is 2.31. The Morgan fingerprint density at radius 3 is 2.38 bits per heavy atom. The fourth-order valence-electron chi connectivity index (χ4n) is 4.59. The van der Waals surface area contributed by atoms with Crippen molar-refractivity contribution in [2.24, 2.45) is 17.8 Å². The van der Waals surface area contributed by atoms with Gasteiger partial charge in [-0.3, -0.25) is 4.90 Å². The standard InChI is InChI=1S/C17H28N4/c1-20-9-14-11-21(12-15(14)10-20)17-8-7-16(18-19-17)13-5-3-2-4-6-13/h3,5,7-8,13-19H,2,4,6,9-12H2,1H3/t13?,14?,15?,16-,17-/m0/s1. The lowest BCUT2D eigenvalue weighted by atomic mass is 9.89. The fourth-order valence-corrected chi connectivity index (χ4v) is 4.59. The van der Waals surface area contributed by atoms with Gasteiger partial charge in [-0.2, -0.15) is 0 Å². The normalized spacial score (nSPS) is 44.3. The molecule has 4 rings (SSSR count). The average molecular weight is 288 g/mol. The van der Waals surface area contributed by atoms with Gasteiger partial charge >= 0.3 is 0 Å². The molecule has 0 bridgehead atoms. The number of nitrogens with one attached hydrogen (secondary N) is 2. The minimum atomic E-state index is 0.379. The maximum Gasteiger partial charge on any atom is 0.0919 e.